The van der Waals surface area contributed by atoms with Crippen molar-refractivity contribution in [2.24, 2.45) is 0 Å². The highest BCUT2D eigenvalue weighted by molar-refractivity contribution is 5.47. The number of hydrogen-bond acceptors (Lipinski definition) is 3. The van der Waals surface area contributed by atoms with E-state index in [1.165, 1.54) is 12.1 Å². The number of aromatic amines is 1. The van der Waals surface area contributed by atoms with E-state index in [2.05, 4.69) is 15.3 Å². The molecule has 1 aromatic heterocycles. The van der Waals surface area contributed by atoms with E-state index in [4.69, 9.17) is 5.11 Å². The van der Waals surface area contributed by atoms with Gasteiger partial charge in [-0.2, -0.15) is 0 Å². The zero-order valence-electron chi connectivity index (χ0n) is 8.79. The van der Waals surface area contributed by atoms with Crippen molar-refractivity contribution in [3.8, 4) is 5.75 Å². The van der Waals surface area contributed by atoms with Crippen molar-refractivity contribution in [3.05, 3.63) is 41.7 Å². The van der Waals surface area contributed by atoms with E-state index in [9.17, 15) is 4.39 Å². The van der Waals surface area contributed by atoms with E-state index in [-0.39, 0.29) is 5.75 Å². The highest BCUT2D eigenvalue weighted by Gasteiger charge is 2.03. The van der Waals surface area contributed by atoms with E-state index in [1.54, 1.807) is 12.4 Å². The van der Waals surface area contributed by atoms with Crippen molar-refractivity contribution in [2.45, 2.75) is 13.5 Å². The van der Waals surface area contributed by atoms with E-state index in [0.29, 0.717) is 12.2 Å². The summed E-state index contributed by atoms with van der Waals surface area (Å²) in [5, 5.41) is 12.0. The second kappa shape index (κ2) is 4.22. The fraction of sp³-hybridized carbons (Fsp3) is 0.182. The third-order valence-corrected chi connectivity index (χ3v) is 2.34. The number of rotatable bonds is 3. The highest BCUT2D eigenvalue weighted by atomic mass is 19.1. The van der Waals surface area contributed by atoms with Gasteiger partial charge >= 0.3 is 0 Å². The van der Waals surface area contributed by atoms with Gasteiger partial charge in [0.15, 0.2) is 11.6 Å². The lowest BCUT2D eigenvalue weighted by atomic mass is 10.2. The quantitative estimate of drug-likeness (QED) is 0.696. The normalized spacial score (nSPS) is 10.4. The maximum absolute atomic E-state index is 13.0. The van der Waals surface area contributed by atoms with Crippen molar-refractivity contribution >= 4 is 5.69 Å². The molecule has 0 radical (unpaired) electrons. The van der Waals surface area contributed by atoms with Gasteiger partial charge in [-0.1, -0.05) is 0 Å². The summed E-state index contributed by atoms with van der Waals surface area (Å²) in [4.78, 5) is 7.07. The van der Waals surface area contributed by atoms with E-state index < -0.39 is 5.82 Å². The van der Waals surface area contributed by atoms with Gasteiger partial charge in [-0.25, -0.2) is 9.37 Å². The van der Waals surface area contributed by atoms with Crippen molar-refractivity contribution in [3.63, 3.8) is 0 Å². The minimum absolute atomic E-state index is 0.346. The van der Waals surface area contributed by atoms with E-state index >= 15 is 0 Å². The van der Waals surface area contributed by atoms with Gasteiger partial charge in [0, 0.05) is 17.4 Å². The summed E-state index contributed by atoms with van der Waals surface area (Å²) in [5.41, 5.74) is 2.47. The lowest BCUT2D eigenvalue weighted by molar-refractivity contribution is 0.432. The fourth-order valence-electron chi connectivity index (χ4n) is 1.37. The molecule has 0 aliphatic carbocycles. The maximum atomic E-state index is 13.0. The number of nitrogens with zero attached hydrogens (tertiary/aromatic N) is 1. The Morgan fingerprint density at radius 2 is 2.31 bits per heavy atom. The zero-order valence-corrected chi connectivity index (χ0v) is 8.79. The molecule has 0 amide bonds. The lowest BCUT2D eigenvalue weighted by Gasteiger charge is -2.05. The standard InChI is InChI=1S/C11H12FN3O/c1-7-10(15-6-14-7)5-13-8-2-3-11(16)9(12)4-8/h2-4,6,13,16H,5H2,1H3,(H,14,15). The van der Waals surface area contributed by atoms with Crippen LogP contribution in [0.3, 0.4) is 0 Å². The van der Waals surface area contributed by atoms with Crippen molar-refractivity contribution in [1.29, 1.82) is 0 Å². The third kappa shape index (κ3) is 2.13. The molecule has 16 heavy (non-hydrogen) atoms. The predicted molar refractivity (Wildman–Crippen MR) is 58.7 cm³/mol. The highest BCUT2D eigenvalue weighted by Crippen LogP contribution is 2.19. The summed E-state index contributed by atoms with van der Waals surface area (Å²) in [7, 11) is 0. The number of phenolic OH excluding ortho intramolecular Hbond substituents is 1. The number of aryl methyl sites for hydroxylation is 1. The van der Waals surface area contributed by atoms with Crippen LogP contribution in [0, 0.1) is 12.7 Å². The Balaban J connectivity index is 2.05. The first-order valence-corrected chi connectivity index (χ1v) is 4.88. The number of benzene rings is 1. The first kappa shape index (κ1) is 10.5. The molecule has 0 fully saturated rings. The summed E-state index contributed by atoms with van der Waals surface area (Å²) in [5.74, 6) is -0.981. The Kier molecular flexibility index (Phi) is 2.76. The second-order valence-electron chi connectivity index (χ2n) is 3.49. The minimum Gasteiger partial charge on any atom is -0.505 e. The molecule has 0 aliphatic rings. The molecule has 0 saturated heterocycles. The summed E-state index contributed by atoms with van der Waals surface area (Å²) in [6.45, 7) is 2.43. The monoisotopic (exact) mass is 221 g/mol. The van der Waals surface area contributed by atoms with Gasteiger partial charge < -0.3 is 15.4 Å². The number of anilines is 1. The summed E-state index contributed by atoms with van der Waals surface area (Å²) in [6, 6.07) is 4.17. The molecule has 84 valence electrons. The number of phenols is 1. The van der Waals surface area contributed by atoms with Crippen LogP contribution < -0.4 is 5.32 Å². The number of aromatic nitrogens is 2. The van der Waals surface area contributed by atoms with Gasteiger partial charge in [0.05, 0.1) is 18.6 Å². The van der Waals surface area contributed by atoms with Crippen LogP contribution in [-0.2, 0) is 6.54 Å². The Hall–Kier alpha value is -2.04. The molecule has 0 spiro atoms. The first-order valence-electron chi connectivity index (χ1n) is 4.88. The molecule has 0 aliphatic heterocycles. The van der Waals surface area contributed by atoms with Gasteiger partial charge in [-0.05, 0) is 19.1 Å². The zero-order chi connectivity index (χ0) is 11.5. The SMILES string of the molecule is Cc1[nH]cnc1CNc1ccc(O)c(F)c1. The molecule has 2 rings (SSSR count). The van der Waals surface area contributed by atoms with Crippen LogP contribution >= 0.6 is 0 Å². The molecule has 1 heterocycles. The van der Waals surface area contributed by atoms with E-state index in [0.717, 1.165) is 11.4 Å². The predicted octanol–water partition coefficient (Wildman–Crippen LogP) is 2.17. The Morgan fingerprint density at radius 3 is 2.94 bits per heavy atom. The largest absolute Gasteiger partial charge is 0.505 e. The molecular formula is C11H12FN3O. The molecule has 0 bridgehead atoms. The Bertz CT molecular complexity index is 496. The average Bonchev–Trinajstić information content (AvgIpc) is 2.66. The molecule has 3 N–H and O–H groups in total. The minimum atomic E-state index is -0.635. The molecule has 0 saturated carbocycles. The molecule has 4 nitrogen and oxygen atoms in total. The molecule has 1 aromatic carbocycles. The van der Waals surface area contributed by atoms with Crippen LogP contribution in [-0.4, -0.2) is 15.1 Å². The van der Waals surface area contributed by atoms with Gasteiger partial charge in [0.2, 0.25) is 0 Å². The summed E-state index contributed by atoms with van der Waals surface area (Å²) >= 11 is 0. The second-order valence-corrected chi connectivity index (χ2v) is 3.49. The smallest absolute Gasteiger partial charge is 0.166 e. The molecule has 5 heteroatoms. The molecule has 0 atom stereocenters. The van der Waals surface area contributed by atoms with Crippen LogP contribution in [0.5, 0.6) is 5.75 Å². The summed E-state index contributed by atoms with van der Waals surface area (Å²) in [6.07, 6.45) is 1.61. The number of halogens is 1. The van der Waals surface area contributed by atoms with Crippen LogP contribution in [0.2, 0.25) is 0 Å². The lowest BCUT2D eigenvalue weighted by Crippen LogP contribution is -2.01. The van der Waals surface area contributed by atoms with Gasteiger partial charge in [-0.3, -0.25) is 0 Å². The molecule has 0 unspecified atom stereocenters. The van der Waals surface area contributed by atoms with E-state index in [1.807, 2.05) is 6.92 Å². The number of H-pyrrole nitrogens is 1. The van der Waals surface area contributed by atoms with Gasteiger partial charge in [-0.15, -0.1) is 0 Å². The Morgan fingerprint density at radius 1 is 1.50 bits per heavy atom. The molecule has 2 aromatic rings. The topological polar surface area (TPSA) is 60.9 Å². The van der Waals surface area contributed by atoms with Crippen LogP contribution in [0.15, 0.2) is 24.5 Å². The number of aromatic hydroxyl groups is 1. The van der Waals surface area contributed by atoms with Crippen LogP contribution in [0.1, 0.15) is 11.4 Å². The average molecular weight is 221 g/mol. The fourth-order valence-corrected chi connectivity index (χ4v) is 1.37. The number of nitrogens with one attached hydrogen (secondary N) is 2. The van der Waals surface area contributed by atoms with Crippen molar-refractivity contribution in [1.82, 2.24) is 9.97 Å². The van der Waals surface area contributed by atoms with Crippen molar-refractivity contribution < 1.29 is 9.50 Å². The van der Waals surface area contributed by atoms with Crippen LogP contribution in [0.25, 0.3) is 0 Å². The number of hydrogen-bond donors (Lipinski definition) is 3. The molecular weight excluding hydrogens is 209 g/mol. The number of imidazole rings is 1. The maximum Gasteiger partial charge on any atom is 0.166 e. The third-order valence-electron chi connectivity index (χ3n) is 2.34. The van der Waals surface area contributed by atoms with Gasteiger partial charge in [0.25, 0.3) is 0 Å². The van der Waals surface area contributed by atoms with Gasteiger partial charge in [0.1, 0.15) is 0 Å². The van der Waals surface area contributed by atoms with Crippen LogP contribution in [0.4, 0.5) is 10.1 Å². The van der Waals surface area contributed by atoms with Crippen molar-refractivity contribution in [2.75, 3.05) is 5.32 Å². The Labute approximate surface area is 92.2 Å². The first-order chi connectivity index (χ1) is 7.66. The summed E-state index contributed by atoms with van der Waals surface area (Å²) < 4.78 is 13.0.